The van der Waals surface area contributed by atoms with Gasteiger partial charge in [0, 0.05) is 10.7 Å². The highest BCUT2D eigenvalue weighted by atomic mass is 35.5. The number of ether oxygens (including phenoxy) is 2. The smallest absolute Gasteiger partial charge is 0.262 e. The Morgan fingerprint density at radius 2 is 2.08 bits per heavy atom. The molecule has 0 aliphatic carbocycles. The lowest BCUT2D eigenvalue weighted by Crippen LogP contribution is -2.25. The Kier molecular flexibility index (Phi) is 4.78. The van der Waals surface area contributed by atoms with Crippen molar-refractivity contribution in [1.82, 2.24) is 0 Å². The van der Waals surface area contributed by atoms with Gasteiger partial charge in [-0.05, 0) is 36.4 Å². The molecule has 3 rings (SSSR count). The van der Waals surface area contributed by atoms with Gasteiger partial charge in [0.2, 0.25) is 0 Å². The molecule has 0 aromatic heterocycles. The second-order valence-corrected chi connectivity index (χ2v) is 5.80. The zero-order chi connectivity index (χ0) is 17.1. The summed E-state index contributed by atoms with van der Waals surface area (Å²) in [7, 11) is 0. The fraction of sp³-hybridized carbons (Fsp3) is 0.125. The molecule has 0 spiro atoms. The van der Waals surface area contributed by atoms with E-state index in [2.05, 4.69) is 10.6 Å². The lowest BCUT2D eigenvalue weighted by atomic mass is 10.2. The molecule has 0 radical (unpaired) electrons. The van der Waals surface area contributed by atoms with Crippen LogP contribution < -0.4 is 20.1 Å². The number of carbonyl (C=O) groups is 2. The number of amides is 2. The third kappa shape index (κ3) is 3.90. The summed E-state index contributed by atoms with van der Waals surface area (Å²) < 4.78 is 10.6. The van der Waals surface area contributed by atoms with Gasteiger partial charge in [-0.15, -0.1) is 0 Å². The average molecular weight is 367 g/mol. The molecule has 0 unspecified atom stereocenters. The number of carbonyl (C=O) groups excluding carboxylic acids is 2. The maximum atomic E-state index is 12.0. The number of hydrogen-bond acceptors (Lipinski definition) is 4. The van der Waals surface area contributed by atoms with Crippen LogP contribution in [0.1, 0.15) is 0 Å². The van der Waals surface area contributed by atoms with E-state index >= 15 is 0 Å². The predicted octanol–water partition coefficient (Wildman–Crippen LogP) is 3.34. The van der Waals surface area contributed by atoms with Crippen molar-refractivity contribution in [2.45, 2.75) is 0 Å². The standard InChI is InChI=1S/C16H12Cl2N2O4/c17-9-1-3-13(11(18)5-9)23-7-15(21)19-10-2-4-14-12(6-10)20-16(22)8-24-14/h1-6H,7-8H2,(H,19,21)(H,20,22). The van der Waals surface area contributed by atoms with Gasteiger partial charge in [-0.25, -0.2) is 0 Å². The second-order valence-electron chi connectivity index (χ2n) is 4.96. The van der Waals surface area contributed by atoms with Crippen LogP contribution in [0, 0.1) is 0 Å². The molecule has 2 N–H and O–H groups in total. The molecule has 2 aromatic rings. The van der Waals surface area contributed by atoms with E-state index in [0.717, 1.165) is 0 Å². The third-order valence-electron chi connectivity index (χ3n) is 3.15. The molecule has 6 nitrogen and oxygen atoms in total. The third-order valence-corrected chi connectivity index (χ3v) is 3.68. The van der Waals surface area contributed by atoms with Crippen LogP contribution in [0.4, 0.5) is 11.4 Å². The summed E-state index contributed by atoms with van der Waals surface area (Å²) in [6, 6.07) is 9.68. The summed E-state index contributed by atoms with van der Waals surface area (Å²) in [5, 5.41) is 6.14. The monoisotopic (exact) mass is 366 g/mol. The van der Waals surface area contributed by atoms with E-state index in [4.69, 9.17) is 32.7 Å². The minimum atomic E-state index is -0.371. The number of fused-ring (bicyclic) bond motifs is 1. The van der Waals surface area contributed by atoms with Crippen LogP contribution in [-0.4, -0.2) is 25.0 Å². The molecule has 24 heavy (non-hydrogen) atoms. The summed E-state index contributed by atoms with van der Waals surface area (Å²) >= 11 is 11.8. The molecular weight excluding hydrogens is 355 g/mol. The minimum Gasteiger partial charge on any atom is -0.482 e. The zero-order valence-corrected chi connectivity index (χ0v) is 13.8. The van der Waals surface area contributed by atoms with Crippen molar-refractivity contribution in [2.24, 2.45) is 0 Å². The number of nitrogens with one attached hydrogen (secondary N) is 2. The normalized spacial score (nSPS) is 12.7. The average Bonchev–Trinajstić information content (AvgIpc) is 2.53. The first-order valence-electron chi connectivity index (χ1n) is 6.95. The quantitative estimate of drug-likeness (QED) is 0.869. The largest absolute Gasteiger partial charge is 0.482 e. The van der Waals surface area contributed by atoms with Crippen LogP contribution >= 0.6 is 23.2 Å². The second kappa shape index (κ2) is 6.98. The van der Waals surface area contributed by atoms with Gasteiger partial charge in [-0.1, -0.05) is 23.2 Å². The van der Waals surface area contributed by atoms with Crippen molar-refractivity contribution in [3.63, 3.8) is 0 Å². The molecule has 0 saturated heterocycles. The maximum absolute atomic E-state index is 12.0. The van der Waals surface area contributed by atoms with Crippen LogP contribution in [-0.2, 0) is 9.59 Å². The van der Waals surface area contributed by atoms with Crippen LogP contribution in [0.15, 0.2) is 36.4 Å². The van der Waals surface area contributed by atoms with Gasteiger partial charge in [0.25, 0.3) is 11.8 Å². The highest BCUT2D eigenvalue weighted by Gasteiger charge is 2.16. The van der Waals surface area contributed by atoms with Gasteiger partial charge in [-0.2, -0.15) is 0 Å². The van der Waals surface area contributed by atoms with E-state index in [1.54, 1.807) is 30.3 Å². The Hall–Kier alpha value is -2.44. The van der Waals surface area contributed by atoms with E-state index in [-0.39, 0.29) is 25.0 Å². The topological polar surface area (TPSA) is 76.7 Å². The van der Waals surface area contributed by atoms with Crippen LogP contribution in [0.25, 0.3) is 0 Å². The summed E-state index contributed by atoms with van der Waals surface area (Å²) in [6.45, 7) is -0.240. The van der Waals surface area contributed by atoms with E-state index in [1.807, 2.05) is 0 Å². The number of halogens is 2. The molecule has 2 amide bonds. The number of rotatable bonds is 4. The Labute approximate surface area is 147 Å². The van der Waals surface area contributed by atoms with E-state index < -0.39 is 0 Å². The summed E-state index contributed by atoms with van der Waals surface area (Å²) in [5.41, 5.74) is 1.01. The van der Waals surface area contributed by atoms with E-state index in [1.165, 1.54) is 6.07 Å². The molecule has 1 heterocycles. The van der Waals surface area contributed by atoms with Gasteiger partial charge < -0.3 is 20.1 Å². The number of hydrogen-bond donors (Lipinski definition) is 2. The van der Waals surface area contributed by atoms with Crippen molar-refractivity contribution < 1.29 is 19.1 Å². The van der Waals surface area contributed by atoms with Crippen LogP contribution in [0.5, 0.6) is 11.5 Å². The van der Waals surface area contributed by atoms with Crippen molar-refractivity contribution >= 4 is 46.4 Å². The van der Waals surface area contributed by atoms with Crippen molar-refractivity contribution in [3.05, 3.63) is 46.4 Å². The number of anilines is 2. The fourth-order valence-corrected chi connectivity index (χ4v) is 2.56. The fourth-order valence-electron chi connectivity index (χ4n) is 2.09. The summed E-state index contributed by atoms with van der Waals surface area (Å²) in [6.07, 6.45) is 0. The first-order chi connectivity index (χ1) is 11.5. The molecule has 1 aliphatic heterocycles. The molecule has 0 fully saturated rings. The van der Waals surface area contributed by atoms with Gasteiger partial charge in [-0.3, -0.25) is 9.59 Å². The van der Waals surface area contributed by atoms with Crippen molar-refractivity contribution in [2.75, 3.05) is 23.8 Å². The predicted molar refractivity (Wildman–Crippen MR) is 91.2 cm³/mol. The molecule has 8 heteroatoms. The first-order valence-corrected chi connectivity index (χ1v) is 7.71. The van der Waals surface area contributed by atoms with Gasteiger partial charge in [0.15, 0.2) is 13.2 Å². The van der Waals surface area contributed by atoms with Crippen LogP contribution in [0.2, 0.25) is 10.0 Å². The Balaban J connectivity index is 1.61. The van der Waals surface area contributed by atoms with Crippen LogP contribution in [0.3, 0.4) is 0 Å². The SMILES string of the molecule is O=C(COc1ccc(Cl)cc1Cl)Nc1ccc2c(c1)NC(=O)CO2. The molecule has 2 aromatic carbocycles. The molecular formula is C16H12Cl2N2O4. The Morgan fingerprint density at radius 3 is 2.88 bits per heavy atom. The lowest BCUT2D eigenvalue weighted by molar-refractivity contribution is -0.119. The molecule has 124 valence electrons. The summed E-state index contributed by atoms with van der Waals surface area (Å²) in [5.74, 6) is 0.301. The maximum Gasteiger partial charge on any atom is 0.262 e. The highest BCUT2D eigenvalue weighted by molar-refractivity contribution is 6.35. The van der Waals surface area contributed by atoms with E-state index in [9.17, 15) is 9.59 Å². The van der Waals surface area contributed by atoms with E-state index in [0.29, 0.717) is 32.9 Å². The zero-order valence-electron chi connectivity index (χ0n) is 12.3. The Bertz CT molecular complexity index is 811. The van der Waals surface area contributed by atoms with Gasteiger partial charge in [0.05, 0.1) is 10.7 Å². The van der Waals surface area contributed by atoms with Gasteiger partial charge in [0.1, 0.15) is 11.5 Å². The molecule has 0 saturated carbocycles. The molecule has 1 aliphatic rings. The Morgan fingerprint density at radius 1 is 1.25 bits per heavy atom. The summed E-state index contributed by atoms with van der Waals surface area (Å²) in [4.78, 5) is 23.3. The molecule has 0 bridgehead atoms. The number of benzene rings is 2. The first kappa shape index (κ1) is 16.4. The molecule has 0 atom stereocenters. The van der Waals surface area contributed by atoms with Crippen molar-refractivity contribution in [1.29, 1.82) is 0 Å². The lowest BCUT2D eigenvalue weighted by Gasteiger charge is -2.18. The minimum absolute atomic E-state index is 0.0194. The van der Waals surface area contributed by atoms with Crippen molar-refractivity contribution in [3.8, 4) is 11.5 Å². The van der Waals surface area contributed by atoms with Gasteiger partial charge >= 0.3 is 0 Å². The highest BCUT2D eigenvalue weighted by Crippen LogP contribution is 2.30.